The number of carboxylic acids is 1. The molecular weight excluding hydrogens is 248 g/mol. The minimum absolute atomic E-state index is 0.338. The molecule has 1 aromatic heterocycles. The van der Waals surface area contributed by atoms with Gasteiger partial charge in [0.15, 0.2) is 0 Å². The molecule has 7 heteroatoms. The van der Waals surface area contributed by atoms with Crippen molar-refractivity contribution in [3.8, 4) is 0 Å². The van der Waals surface area contributed by atoms with Gasteiger partial charge < -0.3 is 20.7 Å². The average Bonchev–Trinajstić information content (AvgIpc) is 2.89. The largest absolute Gasteiger partial charge is 0.480 e. The number of imidazole rings is 1. The highest BCUT2D eigenvalue weighted by Crippen LogP contribution is 2.14. The summed E-state index contributed by atoms with van der Waals surface area (Å²) in [5, 5.41) is 14.3. The number of nitrogens with zero attached hydrogens (tertiary/aromatic N) is 1. The second-order valence-corrected chi connectivity index (χ2v) is 4.26. The number of aliphatic carboxylic acids is 1. The Labute approximate surface area is 111 Å². The van der Waals surface area contributed by atoms with Crippen LogP contribution in [0.4, 0.5) is 4.79 Å². The van der Waals surface area contributed by atoms with Crippen molar-refractivity contribution in [1.29, 1.82) is 0 Å². The Kier molecular flexibility index (Phi) is 5.35. The van der Waals surface area contributed by atoms with Gasteiger partial charge in [0.1, 0.15) is 11.4 Å². The predicted octanol–water partition coefficient (Wildman–Crippen LogP) is 0.895. The highest BCUT2D eigenvalue weighted by atomic mass is 16.4. The number of carboxylic acid groups (broad SMARTS) is 1. The van der Waals surface area contributed by atoms with Gasteiger partial charge in [-0.05, 0) is 12.8 Å². The molecule has 0 fully saturated rings. The molecule has 7 nitrogen and oxygen atoms in total. The molecule has 0 atom stereocenters. The van der Waals surface area contributed by atoms with Crippen LogP contribution in [-0.2, 0) is 11.2 Å². The van der Waals surface area contributed by atoms with Gasteiger partial charge in [0, 0.05) is 25.4 Å². The van der Waals surface area contributed by atoms with E-state index in [0.717, 1.165) is 5.82 Å². The molecule has 0 aromatic carbocycles. The Balaban J connectivity index is 2.43. The van der Waals surface area contributed by atoms with E-state index in [2.05, 4.69) is 20.6 Å². The Hall–Kier alpha value is -2.05. The van der Waals surface area contributed by atoms with Crippen LogP contribution in [0.25, 0.3) is 0 Å². The summed E-state index contributed by atoms with van der Waals surface area (Å²) in [7, 11) is 0. The smallest absolute Gasteiger partial charge is 0.329 e. The zero-order chi connectivity index (χ0) is 14.3. The van der Waals surface area contributed by atoms with Gasteiger partial charge in [0.25, 0.3) is 0 Å². The number of nitrogens with one attached hydrogen (secondary N) is 3. The molecule has 0 radical (unpaired) electrons. The average molecular weight is 268 g/mol. The zero-order valence-corrected chi connectivity index (χ0v) is 11.2. The lowest BCUT2D eigenvalue weighted by Crippen LogP contribution is -2.56. The minimum atomic E-state index is -1.20. The van der Waals surface area contributed by atoms with E-state index in [0.29, 0.717) is 25.8 Å². The van der Waals surface area contributed by atoms with Gasteiger partial charge >= 0.3 is 12.0 Å². The molecule has 0 aliphatic carbocycles. The minimum Gasteiger partial charge on any atom is -0.480 e. The molecular formula is C12H20N4O3. The summed E-state index contributed by atoms with van der Waals surface area (Å²) >= 11 is 0. The van der Waals surface area contributed by atoms with Crippen molar-refractivity contribution in [2.75, 3.05) is 6.54 Å². The quantitative estimate of drug-likeness (QED) is 0.589. The van der Waals surface area contributed by atoms with Crippen LogP contribution in [0.3, 0.4) is 0 Å². The Bertz CT molecular complexity index is 413. The van der Waals surface area contributed by atoms with E-state index in [9.17, 15) is 14.7 Å². The third-order valence-corrected chi connectivity index (χ3v) is 3.17. The summed E-state index contributed by atoms with van der Waals surface area (Å²) in [6.07, 6.45) is 4.59. The van der Waals surface area contributed by atoms with Gasteiger partial charge in [-0.25, -0.2) is 14.6 Å². The van der Waals surface area contributed by atoms with Crippen molar-refractivity contribution in [1.82, 2.24) is 20.6 Å². The number of aromatic nitrogens is 2. The zero-order valence-electron chi connectivity index (χ0n) is 11.2. The van der Waals surface area contributed by atoms with Crippen LogP contribution < -0.4 is 10.6 Å². The second kappa shape index (κ2) is 6.77. The fraction of sp³-hybridized carbons (Fsp3) is 0.583. The summed E-state index contributed by atoms with van der Waals surface area (Å²) in [6.45, 7) is 3.87. The first-order valence-corrected chi connectivity index (χ1v) is 6.31. The van der Waals surface area contributed by atoms with Crippen LogP contribution >= 0.6 is 0 Å². The van der Waals surface area contributed by atoms with Gasteiger partial charge in [-0.15, -0.1) is 0 Å². The molecule has 0 spiro atoms. The van der Waals surface area contributed by atoms with Gasteiger partial charge in [0.05, 0.1) is 0 Å². The fourth-order valence-electron chi connectivity index (χ4n) is 1.77. The van der Waals surface area contributed by atoms with Crippen molar-refractivity contribution in [3.05, 3.63) is 18.2 Å². The van der Waals surface area contributed by atoms with Gasteiger partial charge in [-0.2, -0.15) is 0 Å². The molecule has 106 valence electrons. The summed E-state index contributed by atoms with van der Waals surface area (Å²) in [5.41, 5.74) is -1.20. The maximum atomic E-state index is 11.7. The molecule has 1 rings (SSSR count). The normalized spacial score (nSPS) is 11.1. The second-order valence-electron chi connectivity index (χ2n) is 4.26. The summed E-state index contributed by atoms with van der Waals surface area (Å²) in [4.78, 5) is 29.9. The highest BCUT2D eigenvalue weighted by Gasteiger charge is 2.36. The lowest BCUT2D eigenvalue weighted by Gasteiger charge is -2.28. The van der Waals surface area contributed by atoms with E-state index in [-0.39, 0.29) is 0 Å². The molecule has 0 unspecified atom stereocenters. The first-order valence-electron chi connectivity index (χ1n) is 6.31. The van der Waals surface area contributed by atoms with E-state index >= 15 is 0 Å². The number of carbonyl (C=O) groups is 2. The Morgan fingerprint density at radius 2 is 2.11 bits per heavy atom. The summed E-state index contributed by atoms with van der Waals surface area (Å²) < 4.78 is 0. The molecule has 0 saturated heterocycles. The van der Waals surface area contributed by atoms with Gasteiger partial charge in [0.2, 0.25) is 0 Å². The number of carbonyl (C=O) groups excluding carboxylic acids is 1. The lowest BCUT2D eigenvalue weighted by molar-refractivity contribution is -0.144. The van der Waals surface area contributed by atoms with Crippen molar-refractivity contribution < 1.29 is 14.7 Å². The van der Waals surface area contributed by atoms with Gasteiger partial charge in [-0.1, -0.05) is 13.8 Å². The summed E-state index contributed by atoms with van der Waals surface area (Å²) in [5.74, 6) is -0.241. The molecule has 4 N–H and O–H groups in total. The van der Waals surface area contributed by atoms with Crippen LogP contribution in [0.2, 0.25) is 0 Å². The number of rotatable bonds is 7. The first kappa shape index (κ1) is 15.0. The topological polar surface area (TPSA) is 107 Å². The van der Waals surface area contributed by atoms with Gasteiger partial charge in [-0.3, -0.25) is 0 Å². The SMILES string of the molecule is CCC(CC)(NC(=O)NCCc1ncc[nH]1)C(=O)O. The Morgan fingerprint density at radius 1 is 1.42 bits per heavy atom. The van der Waals surface area contributed by atoms with E-state index in [4.69, 9.17) is 0 Å². The molecule has 1 aromatic rings. The summed E-state index contributed by atoms with van der Waals surface area (Å²) in [6, 6.07) is -0.474. The Morgan fingerprint density at radius 3 is 2.58 bits per heavy atom. The van der Waals surface area contributed by atoms with Crippen LogP contribution in [0.15, 0.2) is 12.4 Å². The predicted molar refractivity (Wildman–Crippen MR) is 69.8 cm³/mol. The van der Waals surface area contributed by atoms with E-state index in [1.165, 1.54) is 0 Å². The lowest BCUT2D eigenvalue weighted by atomic mass is 9.93. The molecule has 0 aliphatic heterocycles. The van der Waals surface area contributed by atoms with Crippen LogP contribution in [-0.4, -0.2) is 39.2 Å². The highest BCUT2D eigenvalue weighted by molar-refractivity contribution is 5.86. The first-order chi connectivity index (χ1) is 9.04. The van der Waals surface area contributed by atoms with E-state index in [1.807, 2.05) is 0 Å². The fourth-order valence-corrected chi connectivity index (χ4v) is 1.77. The molecule has 0 aliphatic rings. The third kappa shape index (κ3) is 3.97. The monoisotopic (exact) mass is 268 g/mol. The van der Waals surface area contributed by atoms with Crippen molar-refractivity contribution in [2.24, 2.45) is 0 Å². The molecule has 0 bridgehead atoms. The van der Waals surface area contributed by atoms with Crippen LogP contribution in [0, 0.1) is 0 Å². The maximum Gasteiger partial charge on any atom is 0.329 e. The molecule has 0 saturated carbocycles. The van der Waals surface area contributed by atoms with Crippen LogP contribution in [0.1, 0.15) is 32.5 Å². The maximum absolute atomic E-state index is 11.7. The standard InChI is InChI=1S/C12H20N4O3/c1-3-12(4-2,10(17)18)16-11(19)15-6-5-9-13-7-8-14-9/h7-8H,3-6H2,1-2H3,(H,13,14)(H,17,18)(H2,15,16,19). The van der Waals surface area contributed by atoms with Crippen molar-refractivity contribution >= 4 is 12.0 Å². The molecule has 2 amide bonds. The number of hydrogen-bond donors (Lipinski definition) is 4. The molecule has 19 heavy (non-hydrogen) atoms. The number of H-pyrrole nitrogens is 1. The number of amides is 2. The van der Waals surface area contributed by atoms with Crippen LogP contribution in [0.5, 0.6) is 0 Å². The van der Waals surface area contributed by atoms with Crippen molar-refractivity contribution in [2.45, 2.75) is 38.6 Å². The number of urea groups is 1. The molecule has 1 heterocycles. The van der Waals surface area contributed by atoms with E-state index in [1.54, 1.807) is 26.2 Å². The van der Waals surface area contributed by atoms with E-state index < -0.39 is 17.5 Å². The van der Waals surface area contributed by atoms with Crippen molar-refractivity contribution in [3.63, 3.8) is 0 Å². The third-order valence-electron chi connectivity index (χ3n) is 3.17. The number of aromatic amines is 1. The number of hydrogen-bond acceptors (Lipinski definition) is 3.